The number of H-pyrrole nitrogens is 1. The van der Waals surface area contributed by atoms with Crippen molar-refractivity contribution in [2.24, 2.45) is 0 Å². The number of aromatic nitrogens is 2. The van der Waals surface area contributed by atoms with Gasteiger partial charge in [-0.3, -0.25) is 0 Å². The van der Waals surface area contributed by atoms with E-state index < -0.39 is 0 Å². The molecule has 0 saturated heterocycles. The number of aliphatic hydroxyl groups excluding tert-OH is 1. The van der Waals surface area contributed by atoms with Crippen molar-refractivity contribution < 1.29 is 5.11 Å². The van der Waals surface area contributed by atoms with Gasteiger partial charge in [0.1, 0.15) is 5.82 Å². The summed E-state index contributed by atoms with van der Waals surface area (Å²) in [7, 11) is 0. The van der Waals surface area contributed by atoms with E-state index in [1.807, 2.05) is 31.2 Å². The summed E-state index contributed by atoms with van der Waals surface area (Å²) in [5.74, 6) is 0.910. The highest BCUT2D eigenvalue weighted by atomic mass is 35.5. The second-order valence-electron chi connectivity index (χ2n) is 5.00. The molecule has 1 aliphatic carbocycles. The lowest BCUT2D eigenvalue weighted by Crippen LogP contribution is -2.13. The lowest BCUT2D eigenvalue weighted by atomic mass is 10.1. The number of rotatable bonds is 3. The summed E-state index contributed by atoms with van der Waals surface area (Å²) in [6.07, 6.45) is 2.02. The van der Waals surface area contributed by atoms with Crippen molar-refractivity contribution in [2.75, 3.05) is 6.61 Å². The molecule has 1 heterocycles. The fraction of sp³-hybridized carbons (Fsp3) is 0.357. The predicted molar refractivity (Wildman–Crippen MR) is 71.8 cm³/mol. The van der Waals surface area contributed by atoms with E-state index in [0.717, 1.165) is 40.6 Å². The third-order valence-electron chi connectivity index (χ3n) is 3.66. The average molecular weight is 263 g/mol. The number of hydrogen-bond donors (Lipinski definition) is 2. The van der Waals surface area contributed by atoms with Gasteiger partial charge in [-0.1, -0.05) is 23.7 Å². The van der Waals surface area contributed by atoms with E-state index >= 15 is 0 Å². The van der Waals surface area contributed by atoms with Crippen LogP contribution < -0.4 is 0 Å². The Bertz CT molecular complexity index is 570. The molecule has 0 amide bonds. The van der Waals surface area contributed by atoms with Crippen LogP contribution >= 0.6 is 11.6 Å². The van der Waals surface area contributed by atoms with Gasteiger partial charge in [-0.25, -0.2) is 4.98 Å². The number of benzene rings is 1. The van der Waals surface area contributed by atoms with Crippen molar-refractivity contribution in [2.45, 2.75) is 25.2 Å². The summed E-state index contributed by atoms with van der Waals surface area (Å²) in [5, 5.41) is 10.2. The van der Waals surface area contributed by atoms with Crippen LogP contribution in [0.3, 0.4) is 0 Å². The average Bonchev–Trinajstić information content (AvgIpc) is 3.08. The van der Waals surface area contributed by atoms with E-state index in [1.165, 1.54) is 0 Å². The lowest BCUT2D eigenvalue weighted by Gasteiger charge is -2.06. The van der Waals surface area contributed by atoms with Gasteiger partial charge in [-0.2, -0.15) is 0 Å². The minimum absolute atomic E-state index is 0.116. The second-order valence-corrected chi connectivity index (χ2v) is 5.44. The van der Waals surface area contributed by atoms with Crippen LogP contribution in [0.1, 0.15) is 24.4 Å². The minimum Gasteiger partial charge on any atom is -0.395 e. The number of imidazole rings is 1. The molecule has 94 valence electrons. The molecule has 0 atom stereocenters. The monoisotopic (exact) mass is 262 g/mol. The normalized spacial score (nSPS) is 16.8. The molecule has 1 fully saturated rings. The van der Waals surface area contributed by atoms with Crippen LogP contribution in [-0.2, 0) is 5.41 Å². The Labute approximate surface area is 111 Å². The summed E-state index contributed by atoms with van der Waals surface area (Å²) in [6, 6.07) is 7.66. The van der Waals surface area contributed by atoms with E-state index in [-0.39, 0.29) is 12.0 Å². The van der Waals surface area contributed by atoms with Crippen LogP contribution in [0.4, 0.5) is 0 Å². The van der Waals surface area contributed by atoms with Gasteiger partial charge in [0.25, 0.3) is 0 Å². The van der Waals surface area contributed by atoms with E-state index in [2.05, 4.69) is 9.97 Å². The van der Waals surface area contributed by atoms with E-state index in [4.69, 9.17) is 11.6 Å². The molecule has 1 aromatic carbocycles. The molecule has 2 N–H and O–H groups in total. The zero-order valence-electron chi connectivity index (χ0n) is 10.2. The summed E-state index contributed by atoms with van der Waals surface area (Å²) in [5.41, 5.74) is 2.91. The number of aliphatic hydroxyl groups is 1. The molecule has 1 aliphatic rings. The number of nitrogens with zero attached hydrogens (tertiary/aromatic N) is 1. The summed E-state index contributed by atoms with van der Waals surface area (Å²) in [6.45, 7) is 2.17. The van der Waals surface area contributed by atoms with Crippen LogP contribution in [0, 0.1) is 6.92 Å². The second kappa shape index (κ2) is 4.11. The maximum Gasteiger partial charge on any atom is 0.115 e. The fourth-order valence-corrected chi connectivity index (χ4v) is 2.35. The molecule has 3 rings (SSSR count). The Balaban J connectivity index is 2.00. The smallest absolute Gasteiger partial charge is 0.115 e. The van der Waals surface area contributed by atoms with Crippen molar-refractivity contribution in [1.29, 1.82) is 0 Å². The van der Waals surface area contributed by atoms with E-state index in [0.29, 0.717) is 0 Å². The fourth-order valence-electron chi connectivity index (χ4n) is 2.22. The molecule has 4 heteroatoms. The predicted octanol–water partition coefficient (Wildman–Crippen LogP) is 3.06. The standard InChI is InChI=1S/C14H15ClN2O/c1-9-12(10-2-4-11(15)5-3-10)17-13(16-9)14(8-18)6-7-14/h2-5,18H,6-8H2,1H3,(H,16,17). The molecule has 0 unspecified atom stereocenters. The Kier molecular flexibility index (Phi) is 2.68. The largest absolute Gasteiger partial charge is 0.395 e. The molecule has 0 spiro atoms. The summed E-state index contributed by atoms with van der Waals surface area (Å²) in [4.78, 5) is 7.96. The van der Waals surface area contributed by atoms with Crippen molar-refractivity contribution >= 4 is 11.6 Å². The number of hydrogen-bond acceptors (Lipinski definition) is 2. The van der Waals surface area contributed by atoms with Crippen molar-refractivity contribution in [3.63, 3.8) is 0 Å². The number of aryl methyl sites for hydroxylation is 1. The van der Waals surface area contributed by atoms with Gasteiger partial charge in [-0.05, 0) is 31.9 Å². The quantitative estimate of drug-likeness (QED) is 0.893. The maximum atomic E-state index is 9.44. The zero-order chi connectivity index (χ0) is 12.8. The number of aromatic amines is 1. The summed E-state index contributed by atoms with van der Waals surface area (Å²) < 4.78 is 0. The van der Waals surface area contributed by atoms with Crippen molar-refractivity contribution in [1.82, 2.24) is 9.97 Å². The van der Waals surface area contributed by atoms with Crippen molar-refractivity contribution in [3.05, 3.63) is 40.8 Å². The van der Waals surface area contributed by atoms with Gasteiger partial charge in [-0.15, -0.1) is 0 Å². The molecule has 2 aromatic rings. The molecule has 0 radical (unpaired) electrons. The van der Waals surface area contributed by atoms with Gasteiger partial charge in [0.15, 0.2) is 0 Å². The Morgan fingerprint density at radius 1 is 1.33 bits per heavy atom. The minimum atomic E-state index is -0.116. The van der Waals surface area contributed by atoms with Crippen LogP contribution in [0.15, 0.2) is 24.3 Å². The Morgan fingerprint density at radius 2 is 2.00 bits per heavy atom. The summed E-state index contributed by atoms with van der Waals surface area (Å²) >= 11 is 5.89. The van der Waals surface area contributed by atoms with E-state index in [1.54, 1.807) is 0 Å². The van der Waals surface area contributed by atoms with Gasteiger partial charge in [0, 0.05) is 16.3 Å². The van der Waals surface area contributed by atoms with Crippen LogP contribution in [-0.4, -0.2) is 21.7 Å². The molecular formula is C14H15ClN2O. The van der Waals surface area contributed by atoms with Gasteiger partial charge in [0.2, 0.25) is 0 Å². The molecule has 1 saturated carbocycles. The molecule has 1 aromatic heterocycles. The van der Waals surface area contributed by atoms with Gasteiger partial charge in [0.05, 0.1) is 17.7 Å². The SMILES string of the molecule is Cc1[nH]c(C2(CO)CC2)nc1-c1ccc(Cl)cc1. The number of nitrogens with one attached hydrogen (secondary N) is 1. The van der Waals surface area contributed by atoms with Gasteiger partial charge < -0.3 is 10.1 Å². The highest BCUT2D eigenvalue weighted by Gasteiger charge is 2.46. The highest BCUT2D eigenvalue weighted by Crippen LogP contribution is 2.47. The highest BCUT2D eigenvalue weighted by molar-refractivity contribution is 6.30. The topological polar surface area (TPSA) is 48.9 Å². The molecule has 0 bridgehead atoms. The first-order chi connectivity index (χ1) is 8.64. The molecule has 3 nitrogen and oxygen atoms in total. The molecular weight excluding hydrogens is 248 g/mol. The molecule has 0 aliphatic heterocycles. The Hall–Kier alpha value is -1.32. The van der Waals surface area contributed by atoms with Crippen molar-refractivity contribution in [3.8, 4) is 11.3 Å². The molecule has 18 heavy (non-hydrogen) atoms. The van der Waals surface area contributed by atoms with Crippen LogP contribution in [0.2, 0.25) is 5.02 Å². The third-order valence-corrected chi connectivity index (χ3v) is 3.91. The number of halogens is 1. The lowest BCUT2D eigenvalue weighted by molar-refractivity contribution is 0.250. The van der Waals surface area contributed by atoms with Crippen LogP contribution in [0.5, 0.6) is 0 Å². The maximum absolute atomic E-state index is 9.44. The van der Waals surface area contributed by atoms with Gasteiger partial charge >= 0.3 is 0 Å². The zero-order valence-corrected chi connectivity index (χ0v) is 11.0. The first kappa shape index (κ1) is 11.8. The third kappa shape index (κ3) is 1.84. The van der Waals surface area contributed by atoms with E-state index in [9.17, 15) is 5.11 Å². The van der Waals surface area contributed by atoms with Crippen LogP contribution in [0.25, 0.3) is 11.3 Å². The Morgan fingerprint density at radius 3 is 2.56 bits per heavy atom. The first-order valence-electron chi connectivity index (χ1n) is 6.08. The first-order valence-corrected chi connectivity index (χ1v) is 6.46.